The molecule has 0 atom stereocenters. The molecule has 1 fully saturated rings. The molecule has 0 saturated carbocycles. The smallest absolute Gasteiger partial charge is 0.264 e. The van der Waals surface area contributed by atoms with Gasteiger partial charge in [0, 0.05) is 41.9 Å². The number of amides is 1. The van der Waals surface area contributed by atoms with E-state index >= 15 is 0 Å². The van der Waals surface area contributed by atoms with Crippen LogP contribution in [0.5, 0.6) is 5.75 Å². The second kappa shape index (κ2) is 8.59. The molecule has 0 bridgehead atoms. The number of phenolic OH excluding ortho intramolecular Hbond substituents is 1. The number of carbonyl (C=O) groups excluding carboxylic acids is 1. The molecule has 0 spiro atoms. The van der Waals surface area contributed by atoms with Crippen LogP contribution >= 0.6 is 31.9 Å². The molecular weight excluding hydrogens is 474 g/mol. The number of nitrogens with zero attached hydrogens (tertiary/aromatic N) is 3. The SMILES string of the molecule is N#C/C(=C/c1cc(Br)cc(Br)c1O)C(=O)N1CCN(c2ccccc2)CC1. The van der Waals surface area contributed by atoms with Crippen LogP contribution in [0, 0.1) is 11.3 Å². The van der Waals surface area contributed by atoms with Gasteiger partial charge in [-0.2, -0.15) is 5.26 Å². The first-order chi connectivity index (χ1) is 13.0. The summed E-state index contributed by atoms with van der Waals surface area (Å²) in [5.41, 5.74) is 1.54. The molecule has 1 N–H and O–H groups in total. The van der Waals surface area contributed by atoms with Gasteiger partial charge in [-0.1, -0.05) is 34.1 Å². The monoisotopic (exact) mass is 489 g/mol. The van der Waals surface area contributed by atoms with Gasteiger partial charge in [0.15, 0.2) is 0 Å². The molecule has 138 valence electrons. The Morgan fingerprint density at radius 1 is 1.11 bits per heavy atom. The summed E-state index contributed by atoms with van der Waals surface area (Å²) in [4.78, 5) is 16.7. The number of anilines is 1. The summed E-state index contributed by atoms with van der Waals surface area (Å²) < 4.78 is 1.23. The Bertz CT molecular complexity index is 915. The van der Waals surface area contributed by atoms with Gasteiger partial charge in [0.1, 0.15) is 17.4 Å². The minimum Gasteiger partial charge on any atom is -0.506 e. The highest BCUT2D eigenvalue weighted by molar-refractivity contribution is 9.11. The number of piperazine rings is 1. The van der Waals surface area contributed by atoms with Crippen LogP contribution in [0.4, 0.5) is 5.69 Å². The lowest BCUT2D eigenvalue weighted by atomic mass is 10.1. The number of carbonyl (C=O) groups is 1. The van der Waals surface area contributed by atoms with Gasteiger partial charge in [-0.3, -0.25) is 4.79 Å². The van der Waals surface area contributed by atoms with Crippen molar-refractivity contribution >= 4 is 49.5 Å². The van der Waals surface area contributed by atoms with E-state index in [1.54, 1.807) is 17.0 Å². The maximum absolute atomic E-state index is 12.8. The molecule has 2 aromatic rings. The van der Waals surface area contributed by atoms with Crippen LogP contribution in [0.15, 0.2) is 57.0 Å². The predicted octanol–water partition coefficient (Wildman–Crippen LogP) is 4.17. The van der Waals surface area contributed by atoms with E-state index in [1.165, 1.54) is 6.08 Å². The average Bonchev–Trinajstić information content (AvgIpc) is 2.70. The topological polar surface area (TPSA) is 67.6 Å². The summed E-state index contributed by atoms with van der Waals surface area (Å²) >= 11 is 6.61. The minimum absolute atomic E-state index is 0.00320. The van der Waals surface area contributed by atoms with Crippen LogP contribution in [0.25, 0.3) is 6.08 Å². The van der Waals surface area contributed by atoms with Crippen molar-refractivity contribution in [1.82, 2.24) is 4.90 Å². The number of rotatable bonds is 3. The van der Waals surface area contributed by atoms with Crippen molar-refractivity contribution in [2.24, 2.45) is 0 Å². The summed E-state index contributed by atoms with van der Waals surface area (Å²) in [5, 5.41) is 19.6. The van der Waals surface area contributed by atoms with E-state index in [4.69, 9.17) is 0 Å². The third-order valence-electron chi connectivity index (χ3n) is 4.40. The van der Waals surface area contributed by atoms with Gasteiger partial charge in [0.25, 0.3) is 5.91 Å². The summed E-state index contributed by atoms with van der Waals surface area (Å²) in [6.07, 6.45) is 1.43. The lowest BCUT2D eigenvalue weighted by molar-refractivity contribution is -0.126. The standard InChI is InChI=1S/C20H17Br2N3O2/c21-16-11-14(19(26)18(22)12-16)10-15(13-23)20(27)25-8-6-24(7-9-25)17-4-2-1-3-5-17/h1-5,10-12,26H,6-9H2/b15-10-. The second-order valence-electron chi connectivity index (χ2n) is 6.11. The Morgan fingerprint density at radius 3 is 2.41 bits per heavy atom. The largest absolute Gasteiger partial charge is 0.506 e. The van der Waals surface area contributed by atoms with Gasteiger partial charge in [-0.15, -0.1) is 0 Å². The summed E-state index contributed by atoms with van der Waals surface area (Å²) in [7, 11) is 0. The normalized spacial score (nSPS) is 14.8. The van der Waals surface area contributed by atoms with E-state index in [1.807, 2.05) is 36.4 Å². The van der Waals surface area contributed by atoms with Crippen molar-refractivity contribution in [3.8, 4) is 11.8 Å². The molecular formula is C20H17Br2N3O2. The molecule has 5 nitrogen and oxygen atoms in total. The molecule has 7 heteroatoms. The summed E-state index contributed by atoms with van der Waals surface area (Å²) in [6.45, 7) is 2.51. The Labute approximate surface area is 174 Å². The maximum Gasteiger partial charge on any atom is 0.264 e. The number of hydrogen-bond acceptors (Lipinski definition) is 4. The number of halogens is 2. The van der Waals surface area contributed by atoms with Crippen molar-refractivity contribution in [1.29, 1.82) is 5.26 Å². The Kier molecular flexibility index (Phi) is 6.19. The Morgan fingerprint density at radius 2 is 1.78 bits per heavy atom. The third-order valence-corrected chi connectivity index (χ3v) is 5.46. The van der Waals surface area contributed by atoms with Crippen molar-refractivity contribution in [2.45, 2.75) is 0 Å². The first kappa shape index (κ1) is 19.5. The molecule has 1 aliphatic heterocycles. The number of para-hydroxylation sites is 1. The molecule has 1 saturated heterocycles. The number of phenols is 1. The molecule has 1 amide bonds. The van der Waals surface area contributed by atoms with Crippen LogP contribution in [0.3, 0.4) is 0 Å². The fourth-order valence-electron chi connectivity index (χ4n) is 2.97. The quantitative estimate of drug-likeness (QED) is 0.517. The van der Waals surface area contributed by atoms with E-state index < -0.39 is 0 Å². The number of benzene rings is 2. The van der Waals surface area contributed by atoms with Gasteiger partial charge in [-0.05, 0) is 46.3 Å². The number of aromatic hydroxyl groups is 1. The molecule has 2 aromatic carbocycles. The zero-order valence-electron chi connectivity index (χ0n) is 14.4. The molecule has 27 heavy (non-hydrogen) atoms. The fraction of sp³-hybridized carbons (Fsp3) is 0.200. The van der Waals surface area contributed by atoms with Crippen molar-refractivity contribution in [3.63, 3.8) is 0 Å². The Hall–Kier alpha value is -2.30. The molecule has 1 aliphatic rings. The molecule has 1 heterocycles. The number of hydrogen-bond donors (Lipinski definition) is 1. The van der Waals surface area contributed by atoms with E-state index in [9.17, 15) is 15.2 Å². The van der Waals surface area contributed by atoms with Crippen LogP contribution < -0.4 is 4.90 Å². The van der Waals surface area contributed by atoms with Gasteiger partial charge in [-0.25, -0.2) is 0 Å². The fourth-order valence-corrected chi connectivity index (χ4v) is 4.23. The lowest BCUT2D eigenvalue weighted by Crippen LogP contribution is -2.49. The van der Waals surface area contributed by atoms with Crippen LogP contribution in [-0.4, -0.2) is 42.1 Å². The Balaban J connectivity index is 1.74. The molecule has 0 aliphatic carbocycles. The van der Waals surface area contributed by atoms with E-state index in [-0.39, 0.29) is 17.2 Å². The van der Waals surface area contributed by atoms with Gasteiger partial charge in [0.2, 0.25) is 0 Å². The van der Waals surface area contributed by atoms with Gasteiger partial charge < -0.3 is 14.9 Å². The summed E-state index contributed by atoms with van der Waals surface area (Å²) in [5.74, 6) is -0.326. The maximum atomic E-state index is 12.8. The first-order valence-electron chi connectivity index (χ1n) is 8.38. The van der Waals surface area contributed by atoms with E-state index in [0.717, 1.165) is 10.2 Å². The van der Waals surface area contributed by atoms with Crippen molar-refractivity contribution in [3.05, 3.63) is 62.5 Å². The highest BCUT2D eigenvalue weighted by Crippen LogP contribution is 2.33. The van der Waals surface area contributed by atoms with Crippen molar-refractivity contribution in [2.75, 3.05) is 31.1 Å². The highest BCUT2D eigenvalue weighted by Gasteiger charge is 2.24. The molecule has 0 radical (unpaired) electrons. The van der Waals surface area contributed by atoms with Gasteiger partial charge >= 0.3 is 0 Å². The summed E-state index contributed by atoms with van der Waals surface area (Å²) in [6, 6.07) is 15.4. The van der Waals surface area contributed by atoms with Crippen LogP contribution in [0.1, 0.15) is 5.56 Å². The van der Waals surface area contributed by atoms with Gasteiger partial charge in [0.05, 0.1) is 4.47 Å². The molecule has 3 rings (SSSR count). The third kappa shape index (κ3) is 4.52. The molecule has 0 aromatic heterocycles. The molecule has 0 unspecified atom stereocenters. The van der Waals surface area contributed by atoms with Crippen LogP contribution in [0.2, 0.25) is 0 Å². The highest BCUT2D eigenvalue weighted by atomic mass is 79.9. The zero-order valence-corrected chi connectivity index (χ0v) is 17.6. The van der Waals surface area contributed by atoms with Crippen molar-refractivity contribution < 1.29 is 9.90 Å². The van der Waals surface area contributed by atoms with E-state index in [2.05, 4.69) is 36.8 Å². The minimum atomic E-state index is -0.319. The second-order valence-corrected chi connectivity index (χ2v) is 7.88. The number of nitriles is 1. The average molecular weight is 491 g/mol. The lowest BCUT2D eigenvalue weighted by Gasteiger charge is -2.36. The predicted molar refractivity (Wildman–Crippen MR) is 112 cm³/mol. The zero-order chi connectivity index (χ0) is 19.4. The van der Waals surface area contributed by atoms with E-state index in [0.29, 0.717) is 36.2 Å². The first-order valence-corrected chi connectivity index (χ1v) is 9.97. The van der Waals surface area contributed by atoms with Crippen LogP contribution in [-0.2, 0) is 4.79 Å².